The fourth-order valence-corrected chi connectivity index (χ4v) is 4.34. The Balaban J connectivity index is 1.48. The van der Waals surface area contributed by atoms with Crippen LogP contribution in [0.2, 0.25) is 5.02 Å². The third-order valence-corrected chi connectivity index (χ3v) is 5.95. The molecule has 0 spiro atoms. The highest BCUT2D eigenvalue weighted by Gasteiger charge is 2.25. The topological polar surface area (TPSA) is 66.4 Å². The average molecular weight is 423 g/mol. The van der Waals surface area contributed by atoms with Crippen molar-refractivity contribution < 1.29 is 4.74 Å². The molecular formula is C22H23ClN6O. The summed E-state index contributed by atoms with van der Waals surface area (Å²) < 4.78 is 5.63. The van der Waals surface area contributed by atoms with Gasteiger partial charge in [-0.25, -0.2) is 4.98 Å². The molecule has 0 saturated carbocycles. The predicted molar refractivity (Wildman–Crippen MR) is 118 cm³/mol. The van der Waals surface area contributed by atoms with Crippen molar-refractivity contribution in [1.82, 2.24) is 19.9 Å². The van der Waals surface area contributed by atoms with Crippen LogP contribution in [0.4, 0.5) is 23.1 Å². The van der Waals surface area contributed by atoms with Crippen molar-refractivity contribution in [2.75, 3.05) is 37.5 Å². The molecule has 2 aliphatic heterocycles. The van der Waals surface area contributed by atoms with Gasteiger partial charge in [0.05, 0.1) is 30.4 Å². The van der Waals surface area contributed by atoms with E-state index < -0.39 is 0 Å². The smallest absolute Gasteiger partial charge is 0.229 e. The highest BCUT2D eigenvalue weighted by Crippen LogP contribution is 2.37. The number of nitrogens with one attached hydrogen (secondary N) is 1. The second kappa shape index (κ2) is 7.74. The van der Waals surface area contributed by atoms with E-state index in [1.54, 1.807) is 13.3 Å². The zero-order valence-electron chi connectivity index (χ0n) is 17.0. The molecule has 0 unspecified atom stereocenters. The zero-order chi connectivity index (χ0) is 20.7. The highest BCUT2D eigenvalue weighted by molar-refractivity contribution is 6.33. The zero-order valence-corrected chi connectivity index (χ0v) is 17.8. The molecule has 3 aromatic rings. The molecule has 1 N–H and O–H groups in total. The molecule has 4 heterocycles. The van der Waals surface area contributed by atoms with Crippen LogP contribution in [0.5, 0.6) is 5.75 Å². The van der Waals surface area contributed by atoms with Crippen molar-refractivity contribution in [3.63, 3.8) is 0 Å². The van der Waals surface area contributed by atoms with Gasteiger partial charge in [0.25, 0.3) is 0 Å². The van der Waals surface area contributed by atoms with Gasteiger partial charge in [-0.05, 0) is 48.9 Å². The van der Waals surface area contributed by atoms with Crippen LogP contribution in [0.1, 0.15) is 16.8 Å². The Hall–Kier alpha value is -2.90. The van der Waals surface area contributed by atoms with Gasteiger partial charge in [-0.3, -0.25) is 4.98 Å². The SMILES string of the molecule is COc1cc2c(cc1Nc1ncc(Cl)c(N3CCc4ncccc43)n1)CN(C)CC2. The van der Waals surface area contributed by atoms with Crippen LogP contribution in [0, 0.1) is 0 Å². The molecule has 0 atom stereocenters. The number of aromatic nitrogens is 3. The summed E-state index contributed by atoms with van der Waals surface area (Å²) in [6.45, 7) is 2.76. The summed E-state index contributed by atoms with van der Waals surface area (Å²) in [5.74, 6) is 1.95. The summed E-state index contributed by atoms with van der Waals surface area (Å²) in [4.78, 5) is 18.0. The number of nitrogens with zero attached hydrogens (tertiary/aromatic N) is 5. The van der Waals surface area contributed by atoms with Crippen molar-refractivity contribution >= 4 is 34.7 Å². The lowest BCUT2D eigenvalue weighted by Gasteiger charge is -2.26. The molecule has 154 valence electrons. The van der Waals surface area contributed by atoms with Crippen molar-refractivity contribution in [2.24, 2.45) is 0 Å². The molecule has 2 aliphatic rings. The monoisotopic (exact) mass is 422 g/mol. The summed E-state index contributed by atoms with van der Waals surface area (Å²) >= 11 is 6.47. The maximum atomic E-state index is 6.47. The lowest BCUT2D eigenvalue weighted by atomic mass is 9.99. The van der Waals surface area contributed by atoms with Crippen LogP contribution in [-0.2, 0) is 19.4 Å². The van der Waals surface area contributed by atoms with E-state index in [9.17, 15) is 0 Å². The largest absolute Gasteiger partial charge is 0.495 e. The van der Waals surface area contributed by atoms with E-state index in [0.29, 0.717) is 16.8 Å². The second-order valence-corrected chi connectivity index (χ2v) is 8.08. The molecule has 1 aromatic carbocycles. The minimum Gasteiger partial charge on any atom is -0.495 e. The van der Waals surface area contributed by atoms with Gasteiger partial charge in [-0.15, -0.1) is 0 Å². The molecule has 2 aromatic heterocycles. The van der Waals surface area contributed by atoms with E-state index in [4.69, 9.17) is 21.3 Å². The van der Waals surface area contributed by atoms with Gasteiger partial charge in [0, 0.05) is 32.3 Å². The number of pyridine rings is 1. The Bertz CT molecular complexity index is 1100. The molecule has 0 bridgehead atoms. The van der Waals surface area contributed by atoms with Crippen LogP contribution in [0.3, 0.4) is 0 Å². The first-order valence-electron chi connectivity index (χ1n) is 10.0. The van der Waals surface area contributed by atoms with E-state index in [1.807, 2.05) is 18.3 Å². The third-order valence-electron chi connectivity index (χ3n) is 5.68. The van der Waals surface area contributed by atoms with E-state index in [-0.39, 0.29) is 0 Å². The number of halogens is 1. The molecular weight excluding hydrogens is 400 g/mol. The van der Waals surface area contributed by atoms with Crippen molar-refractivity contribution in [3.05, 3.63) is 58.5 Å². The first-order valence-corrected chi connectivity index (χ1v) is 10.4. The normalized spacial score (nSPS) is 15.6. The van der Waals surface area contributed by atoms with Crippen molar-refractivity contribution in [3.8, 4) is 5.75 Å². The number of rotatable bonds is 4. The van der Waals surface area contributed by atoms with Crippen LogP contribution in [0.15, 0.2) is 36.7 Å². The standard InChI is InChI=1S/C22H23ClN6O/c1-28-8-5-14-11-20(30-2)18(10-15(14)13-28)26-22-25-12-16(23)21(27-22)29-9-6-17-19(29)4-3-7-24-17/h3-4,7,10-12H,5-6,8-9,13H2,1-2H3,(H,25,26,27). The fourth-order valence-electron chi connectivity index (χ4n) is 4.15. The Morgan fingerprint density at radius 1 is 1.13 bits per heavy atom. The number of methoxy groups -OCH3 is 1. The van der Waals surface area contributed by atoms with E-state index in [0.717, 1.165) is 55.3 Å². The molecule has 0 amide bonds. The Kier molecular flexibility index (Phi) is 4.92. The van der Waals surface area contributed by atoms with Crippen LogP contribution in [-0.4, -0.2) is 47.1 Å². The van der Waals surface area contributed by atoms with Gasteiger partial charge in [0.15, 0.2) is 5.82 Å². The van der Waals surface area contributed by atoms with Gasteiger partial charge in [-0.2, -0.15) is 4.98 Å². The van der Waals surface area contributed by atoms with Crippen LogP contribution < -0.4 is 15.0 Å². The Morgan fingerprint density at radius 3 is 2.90 bits per heavy atom. The molecule has 30 heavy (non-hydrogen) atoms. The highest BCUT2D eigenvalue weighted by atomic mass is 35.5. The number of fused-ring (bicyclic) bond motifs is 2. The number of ether oxygens (including phenoxy) is 1. The molecule has 8 heteroatoms. The van der Waals surface area contributed by atoms with Crippen molar-refractivity contribution in [1.29, 1.82) is 0 Å². The number of likely N-dealkylation sites (N-methyl/N-ethyl adjacent to an activating group) is 1. The minimum absolute atomic E-state index is 0.481. The number of hydrogen-bond donors (Lipinski definition) is 1. The Labute approximate surface area is 180 Å². The molecule has 0 saturated heterocycles. The van der Waals surface area contributed by atoms with E-state index in [2.05, 4.69) is 44.3 Å². The van der Waals surface area contributed by atoms with Crippen LogP contribution >= 0.6 is 11.6 Å². The quantitative estimate of drug-likeness (QED) is 0.682. The summed E-state index contributed by atoms with van der Waals surface area (Å²) in [7, 11) is 3.82. The van der Waals surface area contributed by atoms with Gasteiger partial charge in [-0.1, -0.05) is 11.6 Å². The van der Waals surface area contributed by atoms with Gasteiger partial charge >= 0.3 is 0 Å². The Morgan fingerprint density at radius 2 is 2.03 bits per heavy atom. The number of benzene rings is 1. The second-order valence-electron chi connectivity index (χ2n) is 7.67. The molecule has 0 aliphatic carbocycles. The minimum atomic E-state index is 0.481. The summed E-state index contributed by atoms with van der Waals surface area (Å²) in [6, 6.07) is 8.23. The summed E-state index contributed by atoms with van der Waals surface area (Å²) in [6.07, 6.45) is 5.34. The molecule has 5 rings (SSSR count). The fraction of sp³-hybridized carbons (Fsp3) is 0.318. The average Bonchev–Trinajstić information content (AvgIpc) is 3.18. The third kappa shape index (κ3) is 3.44. The lowest BCUT2D eigenvalue weighted by molar-refractivity contribution is 0.312. The van der Waals surface area contributed by atoms with Gasteiger partial charge in [0.2, 0.25) is 5.95 Å². The first-order chi connectivity index (χ1) is 14.6. The summed E-state index contributed by atoms with van der Waals surface area (Å²) in [5.41, 5.74) is 5.57. The molecule has 0 radical (unpaired) electrons. The first kappa shape index (κ1) is 19.1. The van der Waals surface area contributed by atoms with E-state index >= 15 is 0 Å². The number of hydrogen-bond acceptors (Lipinski definition) is 7. The maximum absolute atomic E-state index is 6.47. The summed E-state index contributed by atoms with van der Waals surface area (Å²) in [5, 5.41) is 3.85. The van der Waals surface area contributed by atoms with Crippen molar-refractivity contribution in [2.45, 2.75) is 19.4 Å². The van der Waals surface area contributed by atoms with E-state index in [1.165, 1.54) is 11.1 Å². The lowest BCUT2D eigenvalue weighted by Crippen LogP contribution is -2.26. The van der Waals surface area contributed by atoms with Crippen LogP contribution in [0.25, 0.3) is 0 Å². The molecule has 7 nitrogen and oxygen atoms in total. The predicted octanol–water partition coefficient (Wildman–Crippen LogP) is 3.96. The maximum Gasteiger partial charge on any atom is 0.229 e. The van der Waals surface area contributed by atoms with Gasteiger partial charge < -0.3 is 19.9 Å². The van der Waals surface area contributed by atoms with Gasteiger partial charge in [0.1, 0.15) is 10.8 Å². The molecule has 0 fully saturated rings. The number of anilines is 4.